The van der Waals surface area contributed by atoms with Gasteiger partial charge in [0, 0.05) is 13.1 Å². The van der Waals surface area contributed by atoms with Crippen molar-refractivity contribution in [1.29, 1.82) is 0 Å². The van der Waals surface area contributed by atoms with Crippen LogP contribution in [-0.4, -0.2) is 36.6 Å². The standard InChI is InChI=1S/C21H25N3O4/c1-6-16-21(23-10-8-7-9-19(23)22-16)24(14(2)25)13-15-11-17(26-3)20(28-5)18(12-15)27-4/h7-12H,6,13H2,1-5H3. The Balaban J connectivity index is 2.10. The Morgan fingerprint density at radius 1 is 1.11 bits per heavy atom. The number of fused-ring (bicyclic) bond motifs is 1. The molecule has 0 unspecified atom stereocenters. The third kappa shape index (κ3) is 3.47. The molecule has 0 aliphatic carbocycles. The fraction of sp³-hybridized carbons (Fsp3) is 0.333. The molecule has 1 aromatic carbocycles. The SMILES string of the molecule is CCc1nc2ccccn2c1N(Cc1cc(OC)c(OC)c(OC)c1)C(C)=O. The zero-order valence-corrected chi connectivity index (χ0v) is 16.9. The second kappa shape index (κ2) is 8.21. The fourth-order valence-corrected chi connectivity index (χ4v) is 3.30. The van der Waals surface area contributed by atoms with Crippen molar-refractivity contribution in [2.75, 3.05) is 26.2 Å². The Hall–Kier alpha value is -3.22. The molecule has 0 saturated heterocycles. The van der Waals surface area contributed by atoms with E-state index in [-0.39, 0.29) is 5.91 Å². The van der Waals surface area contributed by atoms with E-state index >= 15 is 0 Å². The summed E-state index contributed by atoms with van der Waals surface area (Å²) in [6.07, 6.45) is 2.64. The molecule has 2 aromatic heterocycles. The average molecular weight is 383 g/mol. The molecule has 7 nitrogen and oxygen atoms in total. The van der Waals surface area contributed by atoms with Crippen LogP contribution in [0.2, 0.25) is 0 Å². The first-order valence-corrected chi connectivity index (χ1v) is 9.06. The van der Waals surface area contributed by atoms with Crippen molar-refractivity contribution < 1.29 is 19.0 Å². The highest BCUT2D eigenvalue weighted by molar-refractivity contribution is 5.91. The lowest BCUT2D eigenvalue weighted by molar-refractivity contribution is -0.116. The molecule has 0 atom stereocenters. The summed E-state index contributed by atoms with van der Waals surface area (Å²) in [6.45, 7) is 3.94. The molecule has 3 rings (SSSR count). The van der Waals surface area contributed by atoms with Crippen LogP contribution in [-0.2, 0) is 17.8 Å². The molecule has 148 valence electrons. The van der Waals surface area contributed by atoms with Crippen LogP contribution in [0, 0.1) is 0 Å². The third-order valence-electron chi connectivity index (χ3n) is 4.61. The Morgan fingerprint density at radius 2 is 1.79 bits per heavy atom. The highest BCUT2D eigenvalue weighted by atomic mass is 16.5. The number of carbonyl (C=O) groups excluding carboxylic acids is 1. The highest BCUT2D eigenvalue weighted by Gasteiger charge is 2.22. The summed E-state index contributed by atoms with van der Waals surface area (Å²) in [5.41, 5.74) is 2.54. The predicted molar refractivity (Wildman–Crippen MR) is 108 cm³/mol. The van der Waals surface area contributed by atoms with Crippen molar-refractivity contribution in [3.05, 3.63) is 47.8 Å². The van der Waals surface area contributed by atoms with E-state index in [2.05, 4.69) is 4.98 Å². The molecule has 0 aliphatic heterocycles. The van der Waals surface area contributed by atoms with E-state index in [1.807, 2.05) is 47.9 Å². The lowest BCUT2D eigenvalue weighted by Gasteiger charge is -2.23. The summed E-state index contributed by atoms with van der Waals surface area (Å²) in [5, 5.41) is 0. The molecule has 28 heavy (non-hydrogen) atoms. The maximum Gasteiger partial charge on any atom is 0.225 e. The average Bonchev–Trinajstić information content (AvgIpc) is 3.09. The van der Waals surface area contributed by atoms with Crippen LogP contribution >= 0.6 is 0 Å². The largest absolute Gasteiger partial charge is 0.493 e. The van der Waals surface area contributed by atoms with Crippen molar-refractivity contribution in [3.63, 3.8) is 0 Å². The molecular weight excluding hydrogens is 358 g/mol. The van der Waals surface area contributed by atoms with E-state index in [4.69, 9.17) is 14.2 Å². The maximum absolute atomic E-state index is 12.6. The Kier molecular flexibility index (Phi) is 5.73. The topological polar surface area (TPSA) is 65.3 Å². The number of aromatic nitrogens is 2. The van der Waals surface area contributed by atoms with Gasteiger partial charge in [0.05, 0.1) is 33.6 Å². The summed E-state index contributed by atoms with van der Waals surface area (Å²) in [6, 6.07) is 9.50. The minimum Gasteiger partial charge on any atom is -0.493 e. The summed E-state index contributed by atoms with van der Waals surface area (Å²) in [4.78, 5) is 19.0. The number of carbonyl (C=O) groups is 1. The number of rotatable bonds is 7. The molecule has 0 N–H and O–H groups in total. The monoisotopic (exact) mass is 383 g/mol. The van der Waals surface area contributed by atoms with Gasteiger partial charge in [-0.25, -0.2) is 4.98 Å². The number of hydrogen-bond donors (Lipinski definition) is 0. The van der Waals surface area contributed by atoms with Crippen LogP contribution in [0.25, 0.3) is 5.65 Å². The maximum atomic E-state index is 12.6. The van der Waals surface area contributed by atoms with Crippen molar-refractivity contribution >= 4 is 17.4 Å². The Morgan fingerprint density at radius 3 is 2.32 bits per heavy atom. The molecule has 0 radical (unpaired) electrons. The molecular formula is C21H25N3O4. The van der Waals surface area contributed by atoms with Crippen molar-refractivity contribution in [2.24, 2.45) is 0 Å². The van der Waals surface area contributed by atoms with E-state index in [0.717, 1.165) is 29.1 Å². The van der Waals surface area contributed by atoms with E-state index in [0.29, 0.717) is 23.8 Å². The fourth-order valence-electron chi connectivity index (χ4n) is 3.30. The van der Waals surface area contributed by atoms with Crippen LogP contribution in [0.15, 0.2) is 36.5 Å². The van der Waals surface area contributed by atoms with Gasteiger partial charge in [-0.3, -0.25) is 14.1 Å². The van der Waals surface area contributed by atoms with E-state index in [1.54, 1.807) is 33.2 Å². The second-order valence-electron chi connectivity index (χ2n) is 6.30. The smallest absolute Gasteiger partial charge is 0.225 e. The lowest BCUT2D eigenvalue weighted by Crippen LogP contribution is -2.30. The van der Waals surface area contributed by atoms with Crippen LogP contribution in [0.4, 0.5) is 5.82 Å². The van der Waals surface area contributed by atoms with E-state index in [1.165, 1.54) is 0 Å². The highest BCUT2D eigenvalue weighted by Crippen LogP contribution is 2.39. The zero-order valence-electron chi connectivity index (χ0n) is 16.9. The summed E-state index contributed by atoms with van der Waals surface area (Å²) >= 11 is 0. The van der Waals surface area contributed by atoms with Gasteiger partial charge in [-0.05, 0) is 36.2 Å². The molecule has 7 heteroatoms. The van der Waals surface area contributed by atoms with Gasteiger partial charge in [0.2, 0.25) is 11.7 Å². The van der Waals surface area contributed by atoms with Gasteiger partial charge < -0.3 is 14.2 Å². The van der Waals surface area contributed by atoms with Gasteiger partial charge in [-0.2, -0.15) is 0 Å². The van der Waals surface area contributed by atoms with Gasteiger partial charge in [-0.1, -0.05) is 13.0 Å². The number of pyridine rings is 1. The molecule has 1 amide bonds. The number of imidazole rings is 1. The first kappa shape index (κ1) is 19.5. The van der Waals surface area contributed by atoms with Gasteiger partial charge in [0.25, 0.3) is 0 Å². The lowest BCUT2D eigenvalue weighted by atomic mass is 10.1. The van der Waals surface area contributed by atoms with Crippen LogP contribution in [0.1, 0.15) is 25.1 Å². The van der Waals surface area contributed by atoms with Crippen molar-refractivity contribution in [3.8, 4) is 17.2 Å². The first-order valence-electron chi connectivity index (χ1n) is 9.06. The molecule has 3 aromatic rings. The van der Waals surface area contributed by atoms with Gasteiger partial charge in [0.1, 0.15) is 11.5 Å². The number of ether oxygens (including phenoxy) is 3. The van der Waals surface area contributed by atoms with Crippen LogP contribution < -0.4 is 19.1 Å². The van der Waals surface area contributed by atoms with E-state index in [9.17, 15) is 4.79 Å². The van der Waals surface area contributed by atoms with Gasteiger partial charge in [-0.15, -0.1) is 0 Å². The van der Waals surface area contributed by atoms with Crippen LogP contribution in [0.3, 0.4) is 0 Å². The molecule has 0 spiro atoms. The second-order valence-corrected chi connectivity index (χ2v) is 6.30. The summed E-state index contributed by atoms with van der Waals surface area (Å²) in [5.74, 6) is 2.32. The molecule has 0 saturated carbocycles. The predicted octanol–water partition coefficient (Wildman–Crippen LogP) is 3.48. The normalized spacial score (nSPS) is 10.8. The minimum atomic E-state index is -0.0749. The summed E-state index contributed by atoms with van der Waals surface area (Å²) < 4.78 is 18.2. The quantitative estimate of drug-likeness (QED) is 0.625. The molecule has 0 aliphatic rings. The number of amides is 1. The number of aryl methyl sites for hydroxylation is 1. The minimum absolute atomic E-state index is 0.0749. The number of benzene rings is 1. The number of anilines is 1. The molecule has 2 heterocycles. The van der Waals surface area contributed by atoms with Gasteiger partial charge in [0.15, 0.2) is 11.5 Å². The summed E-state index contributed by atoms with van der Waals surface area (Å²) in [7, 11) is 4.71. The Bertz CT molecular complexity index is 971. The molecule has 0 bridgehead atoms. The zero-order chi connectivity index (χ0) is 20.3. The Labute approximate surface area is 164 Å². The molecule has 0 fully saturated rings. The number of nitrogens with zero attached hydrogens (tertiary/aromatic N) is 3. The third-order valence-corrected chi connectivity index (χ3v) is 4.61. The first-order chi connectivity index (χ1) is 13.5. The van der Waals surface area contributed by atoms with Crippen molar-refractivity contribution in [2.45, 2.75) is 26.8 Å². The van der Waals surface area contributed by atoms with Crippen molar-refractivity contribution in [1.82, 2.24) is 9.38 Å². The number of methoxy groups -OCH3 is 3. The van der Waals surface area contributed by atoms with E-state index < -0.39 is 0 Å². The number of hydrogen-bond acceptors (Lipinski definition) is 5. The van der Waals surface area contributed by atoms with Crippen LogP contribution in [0.5, 0.6) is 17.2 Å². The van der Waals surface area contributed by atoms with Gasteiger partial charge >= 0.3 is 0 Å².